The zero-order valence-corrected chi connectivity index (χ0v) is 26.0. The SMILES string of the molecule is C=CCc1cc(C2CCC(C3CCC(CCC)CC3)CC2)ccc1-c1cc(F)c(C(F)(F)OC(F)(F)CC=C)c(CC=C)c1. The summed E-state index contributed by atoms with van der Waals surface area (Å²) in [7, 11) is 0. The van der Waals surface area contributed by atoms with Crippen LogP contribution in [0.3, 0.4) is 0 Å². The Hall–Kier alpha value is -2.73. The highest BCUT2D eigenvalue weighted by molar-refractivity contribution is 5.70. The molecule has 0 aromatic heterocycles. The second-order valence-corrected chi connectivity index (χ2v) is 12.8. The van der Waals surface area contributed by atoms with Gasteiger partial charge in [-0.25, -0.2) is 4.39 Å². The molecule has 0 unspecified atom stereocenters. The number of hydrogen-bond donors (Lipinski definition) is 0. The van der Waals surface area contributed by atoms with Gasteiger partial charge in [-0.1, -0.05) is 75.1 Å². The summed E-state index contributed by atoms with van der Waals surface area (Å²) < 4.78 is 77.2. The molecule has 4 rings (SSSR count). The monoisotopic (exact) mass is 614 g/mol. The smallest absolute Gasteiger partial charge is 0.251 e. The third-order valence-corrected chi connectivity index (χ3v) is 9.79. The van der Waals surface area contributed by atoms with E-state index in [1.54, 1.807) is 6.08 Å². The molecule has 0 atom stereocenters. The predicted molar refractivity (Wildman–Crippen MR) is 169 cm³/mol. The molecule has 0 radical (unpaired) electrons. The minimum Gasteiger partial charge on any atom is -0.251 e. The number of benzene rings is 2. The number of alkyl halides is 4. The van der Waals surface area contributed by atoms with Crippen molar-refractivity contribution in [1.29, 1.82) is 0 Å². The fraction of sp³-hybridized carbons (Fsp3) is 0.526. The van der Waals surface area contributed by atoms with Crippen LogP contribution in [0.25, 0.3) is 11.1 Å². The van der Waals surface area contributed by atoms with Gasteiger partial charge in [0.2, 0.25) is 0 Å². The lowest BCUT2D eigenvalue weighted by Crippen LogP contribution is -2.32. The first-order chi connectivity index (χ1) is 21.0. The van der Waals surface area contributed by atoms with Crippen molar-refractivity contribution in [2.24, 2.45) is 17.8 Å². The van der Waals surface area contributed by atoms with Crippen molar-refractivity contribution in [3.8, 4) is 11.1 Å². The van der Waals surface area contributed by atoms with E-state index in [1.807, 2.05) is 6.07 Å². The third-order valence-electron chi connectivity index (χ3n) is 9.79. The van der Waals surface area contributed by atoms with Crippen LogP contribution >= 0.6 is 0 Å². The molecule has 0 aliphatic heterocycles. The van der Waals surface area contributed by atoms with E-state index in [0.717, 1.165) is 48.3 Å². The third kappa shape index (κ3) is 8.29. The summed E-state index contributed by atoms with van der Waals surface area (Å²) in [6.07, 6.45) is 7.29. The van der Waals surface area contributed by atoms with Crippen molar-refractivity contribution in [3.63, 3.8) is 0 Å². The standard InChI is InChI=1S/C38H47F5O/c1-5-9-26-12-14-27(15-13-26)28-16-18-29(19-17-28)30-20-21-34(31(23-30)10-6-2)33-24-32(11-7-3)36(35(39)25-33)38(42,43)44-37(40,41)22-8-4/h6-8,20-21,23-29H,2-5,9-19,22H2,1H3. The van der Waals surface area contributed by atoms with Crippen LogP contribution in [0.1, 0.15) is 106 Å². The lowest BCUT2D eigenvalue weighted by atomic mass is 9.68. The molecule has 0 heterocycles. The van der Waals surface area contributed by atoms with Crippen LogP contribution in [0.5, 0.6) is 0 Å². The number of halogens is 5. The fourth-order valence-corrected chi connectivity index (χ4v) is 7.66. The second kappa shape index (κ2) is 15.0. The molecule has 0 spiro atoms. The minimum atomic E-state index is -4.56. The van der Waals surface area contributed by atoms with Crippen LogP contribution in [0.4, 0.5) is 22.0 Å². The van der Waals surface area contributed by atoms with Gasteiger partial charge in [0, 0.05) is 0 Å². The summed E-state index contributed by atoms with van der Waals surface area (Å²) in [4.78, 5) is 0. The van der Waals surface area contributed by atoms with Crippen molar-refractivity contribution in [2.75, 3.05) is 0 Å². The summed E-state index contributed by atoms with van der Waals surface area (Å²) in [5, 5.41) is 0. The average Bonchev–Trinajstić information content (AvgIpc) is 2.97. The first-order valence-corrected chi connectivity index (χ1v) is 16.3. The van der Waals surface area contributed by atoms with Gasteiger partial charge in [-0.2, -0.15) is 17.6 Å². The molecule has 0 bridgehead atoms. The van der Waals surface area contributed by atoms with Crippen LogP contribution < -0.4 is 0 Å². The average molecular weight is 615 g/mol. The molecule has 2 aromatic carbocycles. The first-order valence-electron chi connectivity index (χ1n) is 16.3. The Kier molecular flexibility index (Phi) is 11.7. The summed E-state index contributed by atoms with van der Waals surface area (Å²) >= 11 is 0. The molecular weight excluding hydrogens is 567 g/mol. The van der Waals surface area contributed by atoms with Crippen LogP contribution in [-0.4, -0.2) is 6.11 Å². The Morgan fingerprint density at radius 3 is 2.00 bits per heavy atom. The number of hydrogen-bond acceptors (Lipinski definition) is 1. The lowest BCUT2D eigenvalue weighted by Gasteiger charge is -2.38. The molecular formula is C38H47F5O. The summed E-state index contributed by atoms with van der Waals surface area (Å²) in [6, 6.07) is 8.53. The van der Waals surface area contributed by atoms with Crippen LogP contribution in [0, 0.1) is 23.6 Å². The molecule has 0 amide bonds. The van der Waals surface area contributed by atoms with E-state index in [9.17, 15) is 17.6 Å². The molecule has 1 nitrogen and oxygen atoms in total. The normalized spacial score (nSPS) is 22.9. The molecule has 2 aliphatic carbocycles. The van der Waals surface area contributed by atoms with Crippen molar-refractivity contribution >= 4 is 0 Å². The predicted octanol–water partition coefficient (Wildman–Crippen LogP) is 12.1. The number of allylic oxidation sites excluding steroid dienone is 2. The fourth-order valence-electron chi connectivity index (χ4n) is 7.66. The molecule has 6 heteroatoms. The Bertz CT molecular complexity index is 1280. The van der Waals surface area contributed by atoms with E-state index in [2.05, 4.69) is 43.5 Å². The second-order valence-electron chi connectivity index (χ2n) is 12.8. The van der Waals surface area contributed by atoms with E-state index in [0.29, 0.717) is 23.5 Å². The van der Waals surface area contributed by atoms with Gasteiger partial charge in [0.15, 0.2) is 0 Å². The molecule has 2 aliphatic rings. The minimum absolute atomic E-state index is 0.148. The van der Waals surface area contributed by atoms with Gasteiger partial charge in [0.05, 0.1) is 12.0 Å². The van der Waals surface area contributed by atoms with E-state index >= 15 is 4.39 Å². The van der Waals surface area contributed by atoms with Gasteiger partial charge in [-0.15, -0.1) is 19.7 Å². The summed E-state index contributed by atoms with van der Waals surface area (Å²) in [5.74, 6) is 1.72. The highest BCUT2D eigenvalue weighted by atomic mass is 19.3. The summed E-state index contributed by atoms with van der Waals surface area (Å²) in [6.45, 7) is 12.9. The van der Waals surface area contributed by atoms with Gasteiger partial charge in [-0.05, 0) is 109 Å². The maximum Gasteiger partial charge on any atom is 0.390 e. The highest BCUT2D eigenvalue weighted by Gasteiger charge is 2.47. The highest BCUT2D eigenvalue weighted by Crippen LogP contribution is 2.46. The lowest BCUT2D eigenvalue weighted by molar-refractivity contribution is -0.382. The first kappa shape index (κ1) is 34.1. The van der Waals surface area contributed by atoms with E-state index in [1.165, 1.54) is 69.1 Å². The molecule has 0 N–H and O–H groups in total. The van der Waals surface area contributed by atoms with Gasteiger partial charge in [-0.3, -0.25) is 4.74 Å². The molecule has 2 aromatic rings. The van der Waals surface area contributed by atoms with Crippen molar-refractivity contribution in [2.45, 2.75) is 109 Å². The number of rotatable bonds is 14. The van der Waals surface area contributed by atoms with E-state index in [-0.39, 0.29) is 12.0 Å². The van der Waals surface area contributed by atoms with Gasteiger partial charge in [0.1, 0.15) is 5.82 Å². The van der Waals surface area contributed by atoms with Gasteiger partial charge in [0.25, 0.3) is 0 Å². The quantitative estimate of drug-likeness (QED) is 0.152. The number of ether oxygens (including phenoxy) is 1. The van der Waals surface area contributed by atoms with Crippen molar-refractivity contribution in [1.82, 2.24) is 0 Å². The van der Waals surface area contributed by atoms with Gasteiger partial charge < -0.3 is 0 Å². The van der Waals surface area contributed by atoms with Crippen LogP contribution in [0.15, 0.2) is 68.3 Å². The maximum absolute atomic E-state index is 15.4. The molecule has 44 heavy (non-hydrogen) atoms. The Morgan fingerprint density at radius 2 is 1.41 bits per heavy atom. The molecule has 2 fully saturated rings. The molecule has 2 saturated carbocycles. The maximum atomic E-state index is 15.4. The Morgan fingerprint density at radius 1 is 0.795 bits per heavy atom. The zero-order chi connectivity index (χ0) is 31.9. The molecule has 0 saturated heterocycles. The van der Waals surface area contributed by atoms with Gasteiger partial charge >= 0.3 is 12.2 Å². The van der Waals surface area contributed by atoms with Crippen LogP contribution in [-0.2, 0) is 23.7 Å². The van der Waals surface area contributed by atoms with Crippen molar-refractivity contribution in [3.05, 3.63) is 96.4 Å². The largest absolute Gasteiger partial charge is 0.390 e. The van der Waals surface area contributed by atoms with Crippen molar-refractivity contribution < 1.29 is 26.7 Å². The van der Waals surface area contributed by atoms with E-state index in [4.69, 9.17) is 0 Å². The topological polar surface area (TPSA) is 9.23 Å². The Balaban J connectivity index is 1.55. The zero-order valence-electron chi connectivity index (χ0n) is 26.0. The molecule has 240 valence electrons. The Labute approximate surface area is 260 Å². The van der Waals surface area contributed by atoms with E-state index < -0.39 is 30.0 Å². The van der Waals surface area contributed by atoms with Crippen LogP contribution in [0.2, 0.25) is 0 Å². The summed E-state index contributed by atoms with van der Waals surface area (Å²) in [5.41, 5.74) is 1.88.